The van der Waals surface area contributed by atoms with Gasteiger partial charge in [-0.15, -0.1) is 11.3 Å². The van der Waals surface area contributed by atoms with Crippen LogP contribution in [-0.2, 0) is 11.2 Å². The molecule has 7 heteroatoms. The number of hydrogen-bond acceptors (Lipinski definition) is 5. The van der Waals surface area contributed by atoms with E-state index < -0.39 is 0 Å². The third-order valence-corrected chi connectivity index (χ3v) is 6.01. The lowest BCUT2D eigenvalue weighted by Gasteiger charge is -2.34. The third kappa shape index (κ3) is 5.30. The van der Waals surface area contributed by atoms with Gasteiger partial charge in [-0.25, -0.2) is 9.37 Å². The molecule has 1 aliphatic rings. The summed E-state index contributed by atoms with van der Waals surface area (Å²) in [6, 6.07) is 16.5. The van der Waals surface area contributed by atoms with Crippen LogP contribution >= 0.6 is 11.3 Å². The lowest BCUT2D eigenvalue weighted by atomic mass is 10.0. The van der Waals surface area contributed by atoms with Gasteiger partial charge in [-0.3, -0.25) is 9.69 Å². The molecular weight excluding hydrogens is 401 g/mol. The van der Waals surface area contributed by atoms with E-state index in [0.717, 1.165) is 29.2 Å². The number of ether oxygens (including phenoxy) is 1. The largest absolute Gasteiger partial charge is 0.379 e. The molecule has 0 bridgehead atoms. The number of nitrogens with zero attached hydrogens (tertiary/aromatic N) is 2. The van der Waals surface area contributed by atoms with Crippen LogP contribution in [0.2, 0.25) is 0 Å². The van der Waals surface area contributed by atoms with Gasteiger partial charge in [0.05, 0.1) is 24.3 Å². The summed E-state index contributed by atoms with van der Waals surface area (Å²) in [5.74, 6) is -0.484. The van der Waals surface area contributed by atoms with Gasteiger partial charge in [0.15, 0.2) is 0 Å². The van der Waals surface area contributed by atoms with Crippen LogP contribution in [0.5, 0.6) is 0 Å². The summed E-state index contributed by atoms with van der Waals surface area (Å²) in [6.45, 7) is 3.14. The molecule has 1 atom stereocenters. The Labute approximate surface area is 179 Å². The van der Waals surface area contributed by atoms with Crippen LogP contribution in [0.4, 0.5) is 4.39 Å². The number of morpholine rings is 1. The van der Waals surface area contributed by atoms with Crippen LogP contribution < -0.4 is 5.32 Å². The molecule has 1 unspecified atom stereocenters. The Morgan fingerprint density at radius 3 is 2.73 bits per heavy atom. The fourth-order valence-corrected chi connectivity index (χ4v) is 4.42. The highest BCUT2D eigenvalue weighted by molar-refractivity contribution is 7.09. The molecule has 1 saturated heterocycles. The van der Waals surface area contributed by atoms with E-state index in [1.807, 2.05) is 36.4 Å². The maximum atomic E-state index is 13.8. The topological polar surface area (TPSA) is 54.5 Å². The lowest BCUT2D eigenvalue weighted by Crippen LogP contribution is -2.43. The number of nitrogens with one attached hydrogen (secondary N) is 1. The third-order valence-electron chi connectivity index (χ3n) is 5.16. The Morgan fingerprint density at radius 1 is 1.17 bits per heavy atom. The van der Waals surface area contributed by atoms with Crippen molar-refractivity contribution in [3.05, 3.63) is 87.6 Å². The fraction of sp³-hybridized carbons (Fsp3) is 0.304. The van der Waals surface area contributed by atoms with E-state index in [2.05, 4.69) is 15.2 Å². The first-order valence-electron chi connectivity index (χ1n) is 10.0. The maximum Gasteiger partial charge on any atom is 0.270 e. The second-order valence-corrected chi connectivity index (χ2v) is 8.16. The zero-order valence-electron chi connectivity index (χ0n) is 16.6. The van der Waals surface area contributed by atoms with E-state index in [-0.39, 0.29) is 17.8 Å². The molecule has 156 valence electrons. The van der Waals surface area contributed by atoms with E-state index in [1.165, 1.54) is 23.5 Å². The van der Waals surface area contributed by atoms with Crippen LogP contribution in [0.15, 0.2) is 60.0 Å². The summed E-state index contributed by atoms with van der Waals surface area (Å²) in [5, 5.41) is 5.69. The predicted molar refractivity (Wildman–Crippen MR) is 115 cm³/mol. The molecule has 30 heavy (non-hydrogen) atoms. The number of carbonyl (C=O) groups excluding carboxylic acids is 1. The minimum atomic E-state index is -0.276. The Morgan fingerprint density at radius 2 is 1.97 bits per heavy atom. The number of hydrogen-bond donors (Lipinski definition) is 1. The van der Waals surface area contributed by atoms with Crippen molar-refractivity contribution in [2.75, 3.05) is 32.8 Å². The van der Waals surface area contributed by atoms with E-state index >= 15 is 0 Å². The number of carbonyl (C=O) groups is 1. The van der Waals surface area contributed by atoms with Crippen LogP contribution in [0.25, 0.3) is 0 Å². The first kappa shape index (κ1) is 20.7. The van der Waals surface area contributed by atoms with Gasteiger partial charge in [0.2, 0.25) is 0 Å². The molecule has 3 aromatic rings. The monoisotopic (exact) mass is 425 g/mol. The highest BCUT2D eigenvalue weighted by Crippen LogP contribution is 2.22. The molecule has 1 fully saturated rings. The zero-order chi connectivity index (χ0) is 20.8. The maximum absolute atomic E-state index is 13.8. The summed E-state index contributed by atoms with van der Waals surface area (Å²) in [7, 11) is 0. The Kier molecular flexibility index (Phi) is 6.84. The number of aromatic nitrogens is 1. The van der Waals surface area contributed by atoms with Crippen LogP contribution in [0.1, 0.15) is 32.7 Å². The summed E-state index contributed by atoms with van der Waals surface area (Å²) in [5.41, 5.74) is 2.43. The van der Waals surface area contributed by atoms with Gasteiger partial charge in [-0.2, -0.15) is 0 Å². The van der Waals surface area contributed by atoms with Crippen molar-refractivity contribution in [1.29, 1.82) is 0 Å². The van der Waals surface area contributed by atoms with Crippen molar-refractivity contribution in [1.82, 2.24) is 15.2 Å². The summed E-state index contributed by atoms with van der Waals surface area (Å²) >= 11 is 1.48. The molecule has 2 aromatic carbocycles. The predicted octanol–water partition coefficient (Wildman–Crippen LogP) is 3.68. The number of rotatable bonds is 7. The second-order valence-electron chi connectivity index (χ2n) is 7.22. The molecule has 1 aliphatic heterocycles. The molecule has 1 aromatic heterocycles. The first-order chi connectivity index (χ1) is 14.7. The van der Waals surface area contributed by atoms with Crippen LogP contribution in [0, 0.1) is 5.82 Å². The molecular formula is C23H24FN3O2S. The molecule has 1 amide bonds. The highest BCUT2D eigenvalue weighted by Gasteiger charge is 2.24. The van der Waals surface area contributed by atoms with Crippen molar-refractivity contribution in [2.45, 2.75) is 12.5 Å². The number of benzene rings is 2. The van der Waals surface area contributed by atoms with Crippen molar-refractivity contribution in [2.24, 2.45) is 0 Å². The van der Waals surface area contributed by atoms with Gasteiger partial charge < -0.3 is 10.1 Å². The minimum Gasteiger partial charge on any atom is -0.379 e. The van der Waals surface area contributed by atoms with Gasteiger partial charge in [0.1, 0.15) is 11.5 Å². The summed E-state index contributed by atoms with van der Waals surface area (Å²) in [6.07, 6.45) is 0.707. The van der Waals surface area contributed by atoms with Crippen molar-refractivity contribution in [3.63, 3.8) is 0 Å². The van der Waals surface area contributed by atoms with Gasteiger partial charge in [-0.1, -0.05) is 42.5 Å². The van der Waals surface area contributed by atoms with Gasteiger partial charge >= 0.3 is 0 Å². The minimum absolute atomic E-state index is 0.115. The zero-order valence-corrected chi connectivity index (χ0v) is 17.4. The second kappa shape index (κ2) is 9.93. The van der Waals surface area contributed by atoms with Crippen molar-refractivity contribution >= 4 is 17.2 Å². The molecule has 0 radical (unpaired) electrons. The first-order valence-corrected chi connectivity index (χ1v) is 10.9. The fourth-order valence-electron chi connectivity index (χ4n) is 3.61. The standard InChI is InChI=1S/C23H24FN3O2S/c24-19-8-4-7-18(14-19)21(27-9-11-29-12-10-27)15-25-23(28)20-16-30-22(26-20)13-17-5-2-1-3-6-17/h1-8,14,16,21H,9-13,15H2,(H,25,28). The normalized spacial score (nSPS) is 15.6. The summed E-state index contributed by atoms with van der Waals surface area (Å²) in [4.78, 5) is 19.4. The van der Waals surface area contributed by atoms with Gasteiger partial charge in [0, 0.05) is 31.4 Å². The molecule has 1 N–H and O–H groups in total. The molecule has 0 aliphatic carbocycles. The highest BCUT2D eigenvalue weighted by atomic mass is 32.1. The Balaban J connectivity index is 1.42. The molecule has 0 saturated carbocycles. The molecule has 2 heterocycles. The quantitative estimate of drug-likeness (QED) is 0.628. The van der Waals surface area contributed by atoms with Crippen LogP contribution in [-0.4, -0.2) is 48.6 Å². The molecule has 5 nitrogen and oxygen atoms in total. The van der Waals surface area contributed by atoms with Crippen LogP contribution in [0.3, 0.4) is 0 Å². The van der Waals surface area contributed by atoms with Crippen molar-refractivity contribution < 1.29 is 13.9 Å². The van der Waals surface area contributed by atoms with E-state index in [1.54, 1.807) is 11.4 Å². The Bertz CT molecular complexity index is 973. The number of thiazole rings is 1. The van der Waals surface area contributed by atoms with E-state index in [4.69, 9.17) is 4.74 Å². The Hall–Kier alpha value is -2.61. The smallest absolute Gasteiger partial charge is 0.270 e. The molecule has 4 rings (SSSR count). The van der Waals surface area contributed by atoms with Gasteiger partial charge in [0.25, 0.3) is 5.91 Å². The molecule has 0 spiro atoms. The number of amides is 1. The average molecular weight is 426 g/mol. The van der Waals surface area contributed by atoms with E-state index in [9.17, 15) is 9.18 Å². The summed E-state index contributed by atoms with van der Waals surface area (Å²) < 4.78 is 19.2. The number of halogens is 1. The van der Waals surface area contributed by atoms with Crippen molar-refractivity contribution in [3.8, 4) is 0 Å². The SMILES string of the molecule is O=C(NCC(c1cccc(F)c1)N1CCOCC1)c1csc(Cc2ccccc2)n1. The average Bonchev–Trinajstić information content (AvgIpc) is 3.24. The van der Waals surface area contributed by atoms with E-state index in [0.29, 0.717) is 31.9 Å². The van der Waals surface area contributed by atoms with Gasteiger partial charge in [-0.05, 0) is 23.3 Å². The lowest BCUT2D eigenvalue weighted by molar-refractivity contribution is 0.0161.